The second kappa shape index (κ2) is 7.97. The van der Waals surface area contributed by atoms with Crippen LogP contribution < -0.4 is 5.32 Å². The molecular formula is C20H24N2O2. The Labute approximate surface area is 143 Å². The van der Waals surface area contributed by atoms with Gasteiger partial charge >= 0.3 is 6.03 Å². The summed E-state index contributed by atoms with van der Waals surface area (Å²) in [6.07, 6.45) is 2.06. The Kier molecular flexibility index (Phi) is 5.49. The molecule has 24 heavy (non-hydrogen) atoms. The quantitative estimate of drug-likeness (QED) is 0.934. The van der Waals surface area contributed by atoms with E-state index < -0.39 is 0 Å². The molecule has 0 atom stereocenters. The molecule has 1 N–H and O–H groups in total. The van der Waals surface area contributed by atoms with Crippen LogP contribution in [0.25, 0.3) is 0 Å². The molecule has 0 aromatic heterocycles. The largest absolute Gasteiger partial charge is 0.381 e. The Morgan fingerprint density at radius 3 is 1.96 bits per heavy atom. The minimum absolute atomic E-state index is 0.0118. The van der Waals surface area contributed by atoms with Crippen molar-refractivity contribution in [1.82, 2.24) is 10.2 Å². The Hall–Kier alpha value is -2.33. The summed E-state index contributed by atoms with van der Waals surface area (Å²) < 4.78 is 5.38. The lowest BCUT2D eigenvalue weighted by Crippen LogP contribution is -2.46. The van der Waals surface area contributed by atoms with Gasteiger partial charge in [0.15, 0.2) is 0 Å². The first-order chi connectivity index (χ1) is 11.8. The van der Waals surface area contributed by atoms with Gasteiger partial charge in [-0.3, -0.25) is 0 Å². The molecule has 1 aliphatic heterocycles. The number of nitrogens with one attached hydrogen (secondary N) is 1. The van der Waals surface area contributed by atoms with Gasteiger partial charge < -0.3 is 15.0 Å². The summed E-state index contributed by atoms with van der Waals surface area (Å²) in [6.45, 7) is 1.47. The van der Waals surface area contributed by atoms with E-state index >= 15 is 0 Å². The molecule has 1 fully saturated rings. The Morgan fingerprint density at radius 1 is 1.00 bits per heavy atom. The van der Waals surface area contributed by atoms with Gasteiger partial charge in [-0.15, -0.1) is 0 Å². The summed E-state index contributed by atoms with van der Waals surface area (Å²) in [7, 11) is 1.74. The summed E-state index contributed by atoms with van der Waals surface area (Å²) in [5.74, 6) is 0. The van der Waals surface area contributed by atoms with Crippen molar-refractivity contribution in [2.75, 3.05) is 20.2 Å². The highest BCUT2D eigenvalue weighted by molar-refractivity contribution is 5.75. The first-order valence-electron chi connectivity index (χ1n) is 8.46. The Morgan fingerprint density at radius 2 is 1.50 bits per heavy atom. The maximum Gasteiger partial charge on any atom is 0.318 e. The van der Waals surface area contributed by atoms with Crippen LogP contribution in [0.2, 0.25) is 0 Å². The second-order valence-corrected chi connectivity index (χ2v) is 6.13. The van der Waals surface area contributed by atoms with Gasteiger partial charge in [0.2, 0.25) is 0 Å². The molecule has 2 amide bonds. The SMILES string of the molecule is COC1CCN(C(=O)NC(c2ccccc2)c2ccccc2)CC1. The summed E-state index contributed by atoms with van der Waals surface area (Å²) in [6, 6.07) is 20.0. The van der Waals surface area contributed by atoms with Crippen LogP contribution in [0, 0.1) is 0 Å². The van der Waals surface area contributed by atoms with Crippen molar-refractivity contribution in [3.05, 3.63) is 71.8 Å². The minimum Gasteiger partial charge on any atom is -0.381 e. The van der Waals surface area contributed by atoms with E-state index in [1.54, 1.807) is 7.11 Å². The summed E-state index contributed by atoms with van der Waals surface area (Å²) in [5, 5.41) is 3.20. The molecule has 1 aliphatic rings. The lowest BCUT2D eigenvalue weighted by atomic mass is 9.99. The van der Waals surface area contributed by atoms with Gasteiger partial charge in [-0.1, -0.05) is 60.7 Å². The second-order valence-electron chi connectivity index (χ2n) is 6.13. The zero-order chi connectivity index (χ0) is 16.8. The Balaban J connectivity index is 1.74. The average Bonchev–Trinajstić information content (AvgIpc) is 2.67. The van der Waals surface area contributed by atoms with Crippen LogP contribution in [-0.4, -0.2) is 37.2 Å². The number of carbonyl (C=O) groups excluding carboxylic acids is 1. The number of ether oxygens (including phenoxy) is 1. The zero-order valence-electron chi connectivity index (χ0n) is 14.0. The van der Waals surface area contributed by atoms with Crippen LogP contribution >= 0.6 is 0 Å². The van der Waals surface area contributed by atoms with E-state index in [9.17, 15) is 4.79 Å². The van der Waals surface area contributed by atoms with Crippen LogP contribution in [-0.2, 0) is 4.74 Å². The van der Waals surface area contributed by atoms with Gasteiger partial charge in [0, 0.05) is 20.2 Å². The lowest BCUT2D eigenvalue weighted by molar-refractivity contribution is 0.0501. The number of hydrogen-bond acceptors (Lipinski definition) is 2. The van der Waals surface area contributed by atoms with E-state index in [-0.39, 0.29) is 18.2 Å². The van der Waals surface area contributed by atoms with Gasteiger partial charge in [0.05, 0.1) is 12.1 Å². The maximum atomic E-state index is 12.7. The van der Waals surface area contributed by atoms with Crippen molar-refractivity contribution < 1.29 is 9.53 Å². The number of piperidine rings is 1. The van der Waals surface area contributed by atoms with Crippen LogP contribution in [0.3, 0.4) is 0 Å². The van der Waals surface area contributed by atoms with Gasteiger partial charge in [-0.2, -0.15) is 0 Å². The van der Waals surface area contributed by atoms with Crippen LogP contribution in [0.15, 0.2) is 60.7 Å². The zero-order valence-corrected chi connectivity index (χ0v) is 14.0. The van der Waals surface area contributed by atoms with Gasteiger partial charge in [0.1, 0.15) is 0 Å². The number of urea groups is 1. The molecule has 3 rings (SSSR count). The molecule has 2 aromatic rings. The molecule has 2 aromatic carbocycles. The van der Waals surface area contributed by atoms with Gasteiger partial charge in [0.25, 0.3) is 0 Å². The van der Waals surface area contributed by atoms with E-state index in [0.29, 0.717) is 0 Å². The summed E-state index contributed by atoms with van der Waals surface area (Å²) >= 11 is 0. The molecule has 0 spiro atoms. The minimum atomic E-state index is -0.139. The molecule has 1 saturated heterocycles. The number of likely N-dealkylation sites (tertiary alicyclic amines) is 1. The van der Waals surface area contributed by atoms with Crippen molar-refractivity contribution in [3.8, 4) is 0 Å². The highest BCUT2D eigenvalue weighted by atomic mass is 16.5. The molecule has 126 valence electrons. The van der Waals surface area contributed by atoms with Crippen LogP contribution in [0.1, 0.15) is 30.0 Å². The maximum absolute atomic E-state index is 12.7. The van der Waals surface area contributed by atoms with Crippen LogP contribution in [0.4, 0.5) is 4.79 Å². The normalized spacial score (nSPS) is 15.5. The molecule has 0 aliphatic carbocycles. The summed E-state index contributed by atoms with van der Waals surface area (Å²) in [4.78, 5) is 14.6. The predicted molar refractivity (Wildman–Crippen MR) is 94.9 cm³/mol. The number of amides is 2. The number of nitrogens with zero attached hydrogens (tertiary/aromatic N) is 1. The fourth-order valence-corrected chi connectivity index (χ4v) is 3.16. The van der Waals surface area contributed by atoms with Crippen molar-refractivity contribution in [2.24, 2.45) is 0 Å². The smallest absolute Gasteiger partial charge is 0.318 e. The molecule has 0 radical (unpaired) electrons. The molecule has 0 saturated carbocycles. The number of methoxy groups -OCH3 is 1. The molecule has 4 heteroatoms. The number of carbonyl (C=O) groups is 1. The fraction of sp³-hybridized carbons (Fsp3) is 0.350. The van der Waals surface area contributed by atoms with Gasteiger partial charge in [-0.05, 0) is 24.0 Å². The highest BCUT2D eigenvalue weighted by Gasteiger charge is 2.25. The van der Waals surface area contributed by atoms with E-state index in [4.69, 9.17) is 4.74 Å². The van der Waals surface area contributed by atoms with E-state index in [0.717, 1.165) is 37.1 Å². The fourth-order valence-electron chi connectivity index (χ4n) is 3.16. The number of rotatable bonds is 4. The molecule has 1 heterocycles. The first-order valence-corrected chi connectivity index (χ1v) is 8.46. The molecule has 0 bridgehead atoms. The monoisotopic (exact) mass is 324 g/mol. The van der Waals surface area contributed by atoms with Crippen molar-refractivity contribution in [1.29, 1.82) is 0 Å². The molecule has 0 unspecified atom stereocenters. The lowest BCUT2D eigenvalue weighted by Gasteiger charge is -2.32. The predicted octanol–water partition coefficient (Wildman–Crippen LogP) is 3.60. The van der Waals surface area contributed by atoms with Gasteiger partial charge in [-0.25, -0.2) is 4.79 Å². The first kappa shape index (κ1) is 16.5. The Bertz CT molecular complexity index is 598. The van der Waals surface area contributed by atoms with Crippen molar-refractivity contribution in [3.63, 3.8) is 0 Å². The number of hydrogen-bond donors (Lipinski definition) is 1. The van der Waals surface area contributed by atoms with Crippen LogP contribution in [0.5, 0.6) is 0 Å². The molecule has 4 nitrogen and oxygen atoms in total. The average molecular weight is 324 g/mol. The highest BCUT2D eigenvalue weighted by Crippen LogP contribution is 2.22. The number of benzene rings is 2. The van der Waals surface area contributed by atoms with Crippen molar-refractivity contribution in [2.45, 2.75) is 25.0 Å². The van der Waals surface area contributed by atoms with E-state index in [1.165, 1.54) is 0 Å². The van der Waals surface area contributed by atoms with Crippen molar-refractivity contribution >= 4 is 6.03 Å². The standard InChI is InChI=1S/C20H24N2O2/c1-24-18-12-14-22(15-13-18)20(23)21-19(16-8-4-2-5-9-16)17-10-6-3-7-11-17/h2-11,18-19H,12-15H2,1H3,(H,21,23). The van der Waals surface area contributed by atoms with E-state index in [1.807, 2.05) is 41.3 Å². The topological polar surface area (TPSA) is 41.6 Å². The third-order valence-corrected chi connectivity index (χ3v) is 4.60. The van der Waals surface area contributed by atoms with E-state index in [2.05, 4.69) is 29.6 Å². The molecular weight excluding hydrogens is 300 g/mol. The third kappa shape index (κ3) is 3.95. The summed E-state index contributed by atoms with van der Waals surface area (Å²) in [5.41, 5.74) is 2.17. The third-order valence-electron chi connectivity index (χ3n) is 4.60.